The molecule has 4 nitrogen and oxygen atoms in total. The van der Waals surface area contributed by atoms with E-state index in [1.165, 1.54) is 10.9 Å². The first-order chi connectivity index (χ1) is 12.2. The second kappa shape index (κ2) is 10.4. The largest absolute Gasteiger partial charge is 0.356 e. The molecule has 0 unspecified atom stereocenters. The zero-order chi connectivity index (χ0) is 18.1. The second-order valence-corrected chi connectivity index (χ2v) is 7.59. The van der Waals surface area contributed by atoms with Crippen LogP contribution in [0.5, 0.6) is 0 Å². The number of guanidine groups is 1. The van der Waals surface area contributed by atoms with Crippen LogP contribution < -0.4 is 10.6 Å². The van der Waals surface area contributed by atoms with E-state index >= 15 is 0 Å². The first-order valence-electron chi connectivity index (χ1n) is 8.30. The minimum absolute atomic E-state index is 0.190. The molecule has 25 heavy (non-hydrogen) atoms. The number of thiazole rings is 1. The molecule has 2 aromatic rings. The quantitative estimate of drug-likeness (QED) is 0.542. The van der Waals surface area contributed by atoms with E-state index in [2.05, 4.69) is 27.5 Å². The minimum Gasteiger partial charge on any atom is -0.356 e. The van der Waals surface area contributed by atoms with Gasteiger partial charge in [0.2, 0.25) is 0 Å². The number of aromatic nitrogens is 1. The molecule has 0 atom stereocenters. The summed E-state index contributed by atoms with van der Waals surface area (Å²) in [6, 6.07) is 4.95. The normalized spacial score (nSPS) is 11.6. The van der Waals surface area contributed by atoms with Gasteiger partial charge in [-0.2, -0.15) is 11.8 Å². The van der Waals surface area contributed by atoms with Crippen LogP contribution in [0.3, 0.4) is 0 Å². The van der Waals surface area contributed by atoms with E-state index in [1.807, 2.05) is 18.5 Å². The number of aryl methyl sites for hydroxylation is 1. The van der Waals surface area contributed by atoms with Crippen molar-refractivity contribution in [2.45, 2.75) is 32.1 Å². The Morgan fingerprint density at radius 1 is 1.32 bits per heavy atom. The lowest BCUT2D eigenvalue weighted by molar-refractivity contribution is 0.625. The Labute approximate surface area is 157 Å². The van der Waals surface area contributed by atoms with E-state index in [0.29, 0.717) is 6.54 Å². The summed E-state index contributed by atoms with van der Waals surface area (Å²) in [6.45, 7) is 3.53. The van der Waals surface area contributed by atoms with E-state index in [1.54, 1.807) is 36.2 Å². The van der Waals surface area contributed by atoms with Crippen LogP contribution in [0, 0.1) is 5.82 Å². The van der Waals surface area contributed by atoms with Gasteiger partial charge in [0.15, 0.2) is 5.96 Å². The van der Waals surface area contributed by atoms with E-state index in [0.717, 1.165) is 47.2 Å². The summed E-state index contributed by atoms with van der Waals surface area (Å²) in [5, 5.41) is 7.74. The lowest BCUT2D eigenvalue weighted by Crippen LogP contribution is -2.38. The zero-order valence-electron chi connectivity index (χ0n) is 14.9. The molecular weight excluding hydrogens is 355 g/mol. The molecule has 2 rings (SSSR count). The van der Waals surface area contributed by atoms with Gasteiger partial charge in [0.25, 0.3) is 0 Å². The second-order valence-electron chi connectivity index (χ2n) is 5.52. The molecule has 1 aromatic heterocycles. The fourth-order valence-corrected chi connectivity index (χ4v) is 3.81. The van der Waals surface area contributed by atoms with Crippen LogP contribution in [0.2, 0.25) is 0 Å². The Bertz CT molecular complexity index is 700. The molecule has 0 radical (unpaired) electrons. The Hall–Kier alpha value is -1.60. The first kappa shape index (κ1) is 19.7. The van der Waals surface area contributed by atoms with Crippen molar-refractivity contribution in [2.75, 3.05) is 19.8 Å². The molecule has 0 aliphatic rings. The highest BCUT2D eigenvalue weighted by Gasteiger charge is 2.06. The van der Waals surface area contributed by atoms with Crippen molar-refractivity contribution < 1.29 is 4.39 Å². The number of nitrogens with one attached hydrogen (secondary N) is 2. The monoisotopic (exact) mass is 380 g/mol. The Morgan fingerprint density at radius 2 is 2.16 bits per heavy atom. The lowest BCUT2D eigenvalue weighted by atomic mass is 10.1. The van der Waals surface area contributed by atoms with Crippen molar-refractivity contribution in [2.24, 2.45) is 4.99 Å². The van der Waals surface area contributed by atoms with Gasteiger partial charge in [-0.25, -0.2) is 9.37 Å². The maximum atomic E-state index is 13.4. The molecule has 0 saturated carbocycles. The summed E-state index contributed by atoms with van der Waals surface area (Å²) in [5.41, 5.74) is 2.11. The van der Waals surface area contributed by atoms with Crippen LogP contribution >= 0.6 is 23.1 Å². The predicted octanol–water partition coefficient (Wildman–Crippen LogP) is 3.62. The molecule has 0 aliphatic carbocycles. The maximum absolute atomic E-state index is 13.4. The fourth-order valence-electron chi connectivity index (χ4n) is 2.37. The number of aliphatic imine (C=N–C) groups is 1. The highest BCUT2D eigenvalue weighted by atomic mass is 32.2. The Kier molecular flexibility index (Phi) is 8.21. The Balaban J connectivity index is 1.84. The van der Waals surface area contributed by atoms with Crippen LogP contribution in [0.25, 0.3) is 0 Å². The highest BCUT2D eigenvalue weighted by molar-refractivity contribution is 7.97. The number of thioether (sulfide) groups is 1. The lowest BCUT2D eigenvalue weighted by Gasteiger charge is -2.14. The van der Waals surface area contributed by atoms with Gasteiger partial charge in [-0.05, 0) is 35.9 Å². The van der Waals surface area contributed by atoms with Crippen LogP contribution in [-0.4, -0.2) is 30.8 Å². The third-order valence-corrected chi connectivity index (χ3v) is 5.52. The third-order valence-electron chi connectivity index (χ3n) is 3.72. The third kappa shape index (κ3) is 6.32. The smallest absolute Gasteiger partial charge is 0.191 e. The molecule has 0 bridgehead atoms. The van der Waals surface area contributed by atoms with Crippen molar-refractivity contribution in [1.29, 1.82) is 0 Å². The molecule has 0 spiro atoms. The number of hydrogen-bond donors (Lipinski definition) is 2. The molecule has 1 heterocycles. The predicted molar refractivity (Wildman–Crippen MR) is 107 cm³/mol. The van der Waals surface area contributed by atoms with Gasteiger partial charge in [0.05, 0.1) is 5.01 Å². The van der Waals surface area contributed by atoms with Crippen LogP contribution in [0.1, 0.15) is 27.9 Å². The van der Waals surface area contributed by atoms with Crippen molar-refractivity contribution in [3.63, 3.8) is 0 Å². The summed E-state index contributed by atoms with van der Waals surface area (Å²) in [4.78, 5) is 9.99. The maximum Gasteiger partial charge on any atom is 0.191 e. The van der Waals surface area contributed by atoms with E-state index in [9.17, 15) is 4.39 Å². The van der Waals surface area contributed by atoms with E-state index in [-0.39, 0.29) is 5.82 Å². The van der Waals surface area contributed by atoms with E-state index in [4.69, 9.17) is 0 Å². The summed E-state index contributed by atoms with van der Waals surface area (Å²) in [5.74, 6) is 1.35. The standard InChI is InChI=1S/C18H25FN4S2/c1-4-16-11-22-17(25-16)7-8-21-18(20-2)23-10-13-5-6-15(19)9-14(13)12-24-3/h5-6,9,11H,4,7-8,10,12H2,1-3H3,(H2,20,21,23). The molecular formula is C18H25FN4S2. The molecule has 1 aromatic carbocycles. The highest BCUT2D eigenvalue weighted by Crippen LogP contribution is 2.16. The molecule has 136 valence electrons. The SMILES string of the molecule is CCc1cnc(CCNC(=NC)NCc2ccc(F)cc2CSC)s1. The molecule has 0 fully saturated rings. The molecule has 0 saturated heterocycles. The van der Waals surface area contributed by atoms with Gasteiger partial charge < -0.3 is 10.6 Å². The number of halogens is 1. The number of hydrogen-bond acceptors (Lipinski definition) is 4. The van der Waals surface area contributed by atoms with Gasteiger partial charge >= 0.3 is 0 Å². The summed E-state index contributed by atoms with van der Waals surface area (Å²) >= 11 is 3.45. The van der Waals surface area contributed by atoms with Crippen molar-refractivity contribution in [3.8, 4) is 0 Å². The Morgan fingerprint density at radius 3 is 2.84 bits per heavy atom. The number of benzene rings is 1. The topological polar surface area (TPSA) is 49.3 Å². The molecule has 0 amide bonds. The fraction of sp³-hybridized carbons (Fsp3) is 0.444. The van der Waals surface area contributed by atoms with Gasteiger partial charge in [0.1, 0.15) is 5.82 Å². The first-order valence-corrected chi connectivity index (χ1v) is 10.5. The number of rotatable bonds is 8. The van der Waals surface area contributed by atoms with Gasteiger partial charge in [-0.15, -0.1) is 11.3 Å². The van der Waals surface area contributed by atoms with Crippen molar-refractivity contribution >= 4 is 29.1 Å². The van der Waals surface area contributed by atoms with Crippen LogP contribution in [0.15, 0.2) is 29.4 Å². The molecule has 2 N–H and O–H groups in total. The van der Waals surface area contributed by atoms with Crippen LogP contribution in [-0.2, 0) is 25.1 Å². The minimum atomic E-state index is -0.190. The summed E-state index contributed by atoms with van der Waals surface area (Å²) in [6.07, 6.45) is 5.88. The molecule has 7 heteroatoms. The van der Waals surface area contributed by atoms with Gasteiger partial charge in [-0.1, -0.05) is 13.0 Å². The zero-order valence-corrected chi connectivity index (χ0v) is 16.6. The van der Waals surface area contributed by atoms with Crippen molar-refractivity contribution in [3.05, 3.63) is 51.2 Å². The summed E-state index contributed by atoms with van der Waals surface area (Å²) < 4.78 is 13.4. The average Bonchev–Trinajstić information content (AvgIpc) is 3.07. The summed E-state index contributed by atoms with van der Waals surface area (Å²) in [7, 11) is 1.75. The number of nitrogens with zero attached hydrogens (tertiary/aromatic N) is 2. The van der Waals surface area contributed by atoms with Gasteiger partial charge in [0, 0.05) is 43.4 Å². The van der Waals surface area contributed by atoms with Crippen LogP contribution in [0.4, 0.5) is 4.39 Å². The van der Waals surface area contributed by atoms with Gasteiger partial charge in [-0.3, -0.25) is 4.99 Å². The van der Waals surface area contributed by atoms with Crippen molar-refractivity contribution in [1.82, 2.24) is 15.6 Å². The van der Waals surface area contributed by atoms with E-state index < -0.39 is 0 Å². The average molecular weight is 381 g/mol. The molecule has 0 aliphatic heterocycles.